The van der Waals surface area contributed by atoms with Gasteiger partial charge in [-0.2, -0.15) is 0 Å². The molecule has 0 heterocycles. The SMILES string of the molecule is CC(O)CC(C)(C)N.Cl. The first kappa shape index (κ1) is 11.9. The molecule has 0 rings (SSSR count). The number of rotatable bonds is 2. The van der Waals surface area contributed by atoms with Gasteiger partial charge >= 0.3 is 0 Å². The lowest BCUT2D eigenvalue weighted by Gasteiger charge is -2.19. The smallest absolute Gasteiger partial charge is 0.0529 e. The van der Waals surface area contributed by atoms with Crippen LogP contribution in [0.5, 0.6) is 0 Å². The number of halogens is 1. The fraction of sp³-hybridized carbons (Fsp3) is 1.00. The number of aliphatic hydroxyl groups excluding tert-OH is 1. The van der Waals surface area contributed by atoms with Gasteiger partial charge in [-0.3, -0.25) is 0 Å². The second-order valence-electron chi connectivity index (χ2n) is 3.04. The standard InChI is InChI=1S/C6H15NO.ClH/c1-5(8)4-6(2,3)7;/h5,8H,4,7H2,1-3H3;1H. The van der Waals surface area contributed by atoms with Crippen LogP contribution in [-0.4, -0.2) is 16.7 Å². The van der Waals surface area contributed by atoms with E-state index in [9.17, 15) is 0 Å². The summed E-state index contributed by atoms with van der Waals surface area (Å²) < 4.78 is 0. The molecule has 0 bridgehead atoms. The molecule has 0 aromatic heterocycles. The summed E-state index contributed by atoms with van der Waals surface area (Å²) in [7, 11) is 0. The van der Waals surface area contributed by atoms with Crippen LogP contribution in [0.25, 0.3) is 0 Å². The second kappa shape index (κ2) is 4.09. The first-order valence-corrected chi connectivity index (χ1v) is 2.89. The third-order valence-corrected chi connectivity index (χ3v) is 0.822. The summed E-state index contributed by atoms with van der Waals surface area (Å²) in [6, 6.07) is 0. The fourth-order valence-corrected chi connectivity index (χ4v) is 0.761. The first-order valence-electron chi connectivity index (χ1n) is 2.89. The van der Waals surface area contributed by atoms with Crippen LogP contribution in [-0.2, 0) is 0 Å². The Morgan fingerprint density at radius 3 is 1.89 bits per heavy atom. The van der Waals surface area contributed by atoms with Gasteiger partial charge in [0.05, 0.1) is 6.10 Å². The van der Waals surface area contributed by atoms with Gasteiger partial charge in [0.2, 0.25) is 0 Å². The summed E-state index contributed by atoms with van der Waals surface area (Å²) in [6.07, 6.45) is 0.377. The Morgan fingerprint density at radius 1 is 1.56 bits per heavy atom. The fourth-order valence-electron chi connectivity index (χ4n) is 0.761. The highest BCUT2D eigenvalue weighted by atomic mass is 35.5. The lowest BCUT2D eigenvalue weighted by atomic mass is 9.99. The molecule has 58 valence electrons. The Kier molecular flexibility index (Phi) is 5.43. The van der Waals surface area contributed by atoms with Crippen LogP contribution in [0.2, 0.25) is 0 Å². The number of hydrogen-bond acceptors (Lipinski definition) is 2. The predicted molar refractivity (Wildman–Crippen MR) is 41.8 cm³/mol. The summed E-state index contributed by atoms with van der Waals surface area (Å²) in [5.74, 6) is 0. The minimum Gasteiger partial charge on any atom is -0.393 e. The molecule has 1 unspecified atom stereocenters. The Balaban J connectivity index is 0. The molecule has 0 fully saturated rings. The zero-order valence-corrected chi connectivity index (χ0v) is 7.03. The van der Waals surface area contributed by atoms with Crippen molar-refractivity contribution in [2.24, 2.45) is 5.73 Å². The highest BCUT2D eigenvalue weighted by Gasteiger charge is 2.12. The van der Waals surface area contributed by atoms with E-state index in [1.54, 1.807) is 6.92 Å². The zero-order chi connectivity index (χ0) is 6.78. The van der Waals surface area contributed by atoms with Crippen molar-refractivity contribution in [3.63, 3.8) is 0 Å². The number of aliphatic hydroxyl groups is 1. The molecule has 0 aliphatic rings. The highest BCUT2D eigenvalue weighted by Crippen LogP contribution is 2.05. The molecule has 0 saturated carbocycles. The van der Waals surface area contributed by atoms with Crippen molar-refractivity contribution < 1.29 is 5.11 Å². The van der Waals surface area contributed by atoms with Crippen molar-refractivity contribution in [1.82, 2.24) is 0 Å². The van der Waals surface area contributed by atoms with Gasteiger partial charge in [-0.25, -0.2) is 0 Å². The average molecular weight is 154 g/mol. The van der Waals surface area contributed by atoms with Gasteiger partial charge in [0.1, 0.15) is 0 Å². The van der Waals surface area contributed by atoms with Crippen LogP contribution in [0.3, 0.4) is 0 Å². The molecular formula is C6H16ClNO. The lowest BCUT2D eigenvalue weighted by molar-refractivity contribution is 0.158. The minimum absolute atomic E-state index is 0. The molecule has 0 amide bonds. The molecule has 9 heavy (non-hydrogen) atoms. The van der Waals surface area contributed by atoms with Gasteiger partial charge in [-0.05, 0) is 27.2 Å². The molecule has 0 aliphatic carbocycles. The molecule has 0 aromatic rings. The maximum Gasteiger partial charge on any atom is 0.0529 e. The number of hydrogen-bond donors (Lipinski definition) is 2. The van der Waals surface area contributed by atoms with Gasteiger partial charge in [-0.15, -0.1) is 12.4 Å². The van der Waals surface area contributed by atoms with E-state index >= 15 is 0 Å². The van der Waals surface area contributed by atoms with E-state index in [-0.39, 0.29) is 24.0 Å². The third-order valence-electron chi connectivity index (χ3n) is 0.822. The molecule has 3 N–H and O–H groups in total. The van der Waals surface area contributed by atoms with Crippen molar-refractivity contribution in [3.05, 3.63) is 0 Å². The van der Waals surface area contributed by atoms with Crippen LogP contribution >= 0.6 is 12.4 Å². The topological polar surface area (TPSA) is 46.2 Å². The van der Waals surface area contributed by atoms with Gasteiger partial charge < -0.3 is 10.8 Å². The van der Waals surface area contributed by atoms with Crippen molar-refractivity contribution >= 4 is 12.4 Å². The number of nitrogens with two attached hydrogens (primary N) is 1. The Hall–Kier alpha value is 0.210. The summed E-state index contributed by atoms with van der Waals surface area (Å²) in [5.41, 5.74) is 5.35. The molecule has 0 radical (unpaired) electrons. The normalized spacial score (nSPS) is 14.3. The zero-order valence-electron chi connectivity index (χ0n) is 6.22. The summed E-state index contributed by atoms with van der Waals surface area (Å²) >= 11 is 0. The molecular weight excluding hydrogens is 138 g/mol. The molecule has 0 spiro atoms. The first-order chi connectivity index (χ1) is 3.42. The summed E-state index contributed by atoms with van der Waals surface area (Å²) in [5, 5.41) is 8.81. The molecule has 2 nitrogen and oxygen atoms in total. The van der Waals surface area contributed by atoms with E-state index in [1.165, 1.54) is 0 Å². The van der Waals surface area contributed by atoms with E-state index in [0.717, 1.165) is 0 Å². The Bertz CT molecular complexity index is 67.9. The second-order valence-corrected chi connectivity index (χ2v) is 3.04. The minimum atomic E-state index is -0.282. The summed E-state index contributed by atoms with van der Waals surface area (Å²) in [4.78, 5) is 0. The molecule has 0 aromatic carbocycles. The Labute approximate surface area is 62.9 Å². The quantitative estimate of drug-likeness (QED) is 0.620. The monoisotopic (exact) mass is 153 g/mol. The van der Waals surface area contributed by atoms with Gasteiger partial charge in [0.15, 0.2) is 0 Å². The summed E-state index contributed by atoms with van der Waals surface area (Å²) in [6.45, 7) is 5.55. The van der Waals surface area contributed by atoms with Crippen LogP contribution < -0.4 is 5.73 Å². The predicted octanol–water partition coefficient (Wildman–Crippen LogP) is 0.916. The van der Waals surface area contributed by atoms with Crippen LogP contribution in [0, 0.1) is 0 Å². The molecule has 1 atom stereocenters. The van der Waals surface area contributed by atoms with E-state index in [2.05, 4.69) is 0 Å². The molecule has 0 aliphatic heterocycles. The van der Waals surface area contributed by atoms with Crippen molar-refractivity contribution in [1.29, 1.82) is 0 Å². The average Bonchev–Trinajstić information content (AvgIpc) is 1.21. The molecule has 0 saturated heterocycles. The van der Waals surface area contributed by atoms with Crippen LogP contribution in [0.4, 0.5) is 0 Å². The highest BCUT2D eigenvalue weighted by molar-refractivity contribution is 5.85. The van der Waals surface area contributed by atoms with Crippen LogP contribution in [0.1, 0.15) is 27.2 Å². The van der Waals surface area contributed by atoms with E-state index in [1.807, 2.05) is 13.8 Å². The third kappa shape index (κ3) is 11.7. The van der Waals surface area contributed by atoms with Crippen molar-refractivity contribution in [2.45, 2.75) is 38.8 Å². The van der Waals surface area contributed by atoms with E-state index < -0.39 is 0 Å². The van der Waals surface area contributed by atoms with E-state index in [0.29, 0.717) is 6.42 Å². The Morgan fingerprint density at radius 2 is 1.89 bits per heavy atom. The van der Waals surface area contributed by atoms with Gasteiger partial charge in [0.25, 0.3) is 0 Å². The van der Waals surface area contributed by atoms with Crippen molar-refractivity contribution in [3.8, 4) is 0 Å². The van der Waals surface area contributed by atoms with Gasteiger partial charge in [-0.1, -0.05) is 0 Å². The van der Waals surface area contributed by atoms with E-state index in [4.69, 9.17) is 10.8 Å². The lowest BCUT2D eigenvalue weighted by Crippen LogP contribution is -2.35. The largest absolute Gasteiger partial charge is 0.393 e. The van der Waals surface area contributed by atoms with Crippen LogP contribution in [0.15, 0.2) is 0 Å². The van der Waals surface area contributed by atoms with Gasteiger partial charge in [0, 0.05) is 5.54 Å². The maximum atomic E-state index is 8.81. The molecule has 3 heteroatoms. The maximum absolute atomic E-state index is 8.81. The van der Waals surface area contributed by atoms with Crippen molar-refractivity contribution in [2.75, 3.05) is 0 Å².